The monoisotopic (exact) mass is 284 g/mol. The Morgan fingerprint density at radius 1 is 1.10 bits per heavy atom. The Balaban J connectivity index is 2.32. The number of alkyl halides is 3. The maximum Gasteiger partial charge on any atom is 0.416 e. The first-order chi connectivity index (χ1) is 9.24. The van der Waals surface area contributed by atoms with Gasteiger partial charge in [0.2, 0.25) is 0 Å². The van der Waals surface area contributed by atoms with Crippen LogP contribution in [0.4, 0.5) is 18.9 Å². The second-order valence-corrected chi connectivity index (χ2v) is 5.45. The van der Waals surface area contributed by atoms with Gasteiger partial charge in [0.05, 0.1) is 17.0 Å². The van der Waals surface area contributed by atoms with Gasteiger partial charge in [-0.05, 0) is 51.0 Å². The largest absolute Gasteiger partial charge is 0.416 e. The first-order valence-corrected chi connectivity index (χ1v) is 6.57. The summed E-state index contributed by atoms with van der Waals surface area (Å²) in [5.41, 5.74) is -0.273. The lowest BCUT2D eigenvalue weighted by molar-refractivity contribution is -0.137. The van der Waals surface area contributed by atoms with Crippen molar-refractivity contribution >= 4 is 5.69 Å². The third kappa shape index (κ3) is 5.52. The van der Waals surface area contributed by atoms with E-state index < -0.39 is 11.7 Å². The van der Waals surface area contributed by atoms with Gasteiger partial charge in [0.15, 0.2) is 0 Å². The summed E-state index contributed by atoms with van der Waals surface area (Å²) in [5, 5.41) is 11.9. The van der Waals surface area contributed by atoms with E-state index in [1.165, 1.54) is 12.1 Å². The molecule has 110 valence electrons. The first-order valence-electron chi connectivity index (χ1n) is 6.57. The minimum atomic E-state index is -4.29. The number of nitrogens with zero attached hydrogens (tertiary/aromatic N) is 1. The van der Waals surface area contributed by atoms with Gasteiger partial charge in [-0.3, -0.25) is 0 Å². The first kappa shape index (κ1) is 16.4. The fourth-order valence-electron chi connectivity index (χ4n) is 1.76. The maximum absolute atomic E-state index is 12.4. The van der Waals surface area contributed by atoms with Crippen LogP contribution in [-0.2, 0) is 6.18 Å². The number of rotatable bonds is 6. The van der Waals surface area contributed by atoms with E-state index in [1.54, 1.807) is 0 Å². The lowest BCUT2D eigenvalue weighted by Gasteiger charge is -2.14. The molecular weight excluding hydrogens is 265 g/mol. The summed E-state index contributed by atoms with van der Waals surface area (Å²) in [7, 11) is 0. The Hall–Kier alpha value is -1.70. The molecule has 0 atom stereocenters. The fraction of sp³-hybridized carbons (Fsp3) is 0.533. The van der Waals surface area contributed by atoms with Crippen molar-refractivity contribution in [1.82, 2.24) is 0 Å². The highest BCUT2D eigenvalue weighted by Gasteiger charge is 2.29. The van der Waals surface area contributed by atoms with E-state index in [0.717, 1.165) is 31.4 Å². The number of nitriles is 1. The van der Waals surface area contributed by atoms with Gasteiger partial charge in [-0.1, -0.05) is 6.42 Å². The Morgan fingerprint density at radius 2 is 1.70 bits per heavy atom. The van der Waals surface area contributed by atoms with Gasteiger partial charge in [-0.25, -0.2) is 0 Å². The van der Waals surface area contributed by atoms with Crippen LogP contribution < -0.4 is 5.32 Å². The number of unbranched alkanes of at least 4 members (excludes halogenated alkanes) is 1. The van der Waals surface area contributed by atoms with Gasteiger partial charge in [0.25, 0.3) is 0 Å². The lowest BCUT2D eigenvalue weighted by Crippen LogP contribution is -2.09. The van der Waals surface area contributed by atoms with Crippen LogP contribution in [0.25, 0.3) is 0 Å². The summed E-state index contributed by atoms with van der Waals surface area (Å²) >= 11 is 0. The van der Waals surface area contributed by atoms with Gasteiger partial charge < -0.3 is 5.32 Å². The van der Waals surface area contributed by atoms with Crippen LogP contribution in [0.2, 0.25) is 0 Å². The van der Waals surface area contributed by atoms with Crippen LogP contribution in [0.5, 0.6) is 0 Å². The zero-order valence-corrected chi connectivity index (χ0v) is 11.7. The fourth-order valence-corrected chi connectivity index (χ4v) is 1.76. The Bertz CT molecular complexity index is 455. The van der Waals surface area contributed by atoms with E-state index in [1.807, 2.05) is 13.8 Å². The topological polar surface area (TPSA) is 35.8 Å². The van der Waals surface area contributed by atoms with Gasteiger partial charge in [0.1, 0.15) is 0 Å². The molecule has 0 heterocycles. The highest BCUT2D eigenvalue weighted by atomic mass is 19.4. The molecule has 0 spiro atoms. The molecule has 0 unspecified atom stereocenters. The maximum atomic E-state index is 12.4. The van der Waals surface area contributed by atoms with Crippen molar-refractivity contribution in [2.45, 2.75) is 39.3 Å². The molecule has 1 rings (SSSR count). The van der Waals surface area contributed by atoms with Gasteiger partial charge in [0, 0.05) is 12.2 Å². The van der Waals surface area contributed by atoms with Crippen molar-refractivity contribution in [3.63, 3.8) is 0 Å². The molecule has 1 aromatic carbocycles. The van der Waals surface area contributed by atoms with Crippen LogP contribution in [0.1, 0.15) is 38.7 Å². The molecule has 0 aliphatic rings. The number of hydrogen-bond donors (Lipinski definition) is 1. The average molecular weight is 284 g/mol. The quantitative estimate of drug-likeness (QED) is 0.759. The van der Waals surface area contributed by atoms with Crippen molar-refractivity contribution in [3.8, 4) is 6.07 Å². The molecule has 2 nitrogen and oxygen atoms in total. The second-order valence-electron chi connectivity index (χ2n) is 5.45. The van der Waals surface area contributed by atoms with Crippen LogP contribution in [0.15, 0.2) is 24.3 Å². The number of halogens is 3. The molecule has 0 aliphatic heterocycles. The van der Waals surface area contributed by atoms with Crippen molar-refractivity contribution in [2.24, 2.45) is 5.41 Å². The Morgan fingerprint density at radius 3 is 2.20 bits per heavy atom. The van der Waals surface area contributed by atoms with Crippen LogP contribution in [0, 0.1) is 16.7 Å². The van der Waals surface area contributed by atoms with E-state index in [2.05, 4.69) is 11.4 Å². The van der Waals surface area contributed by atoms with E-state index in [4.69, 9.17) is 5.26 Å². The van der Waals surface area contributed by atoms with Crippen molar-refractivity contribution in [3.05, 3.63) is 29.8 Å². The second kappa shape index (κ2) is 6.65. The van der Waals surface area contributed by atoms with Crippen molar-refractivity contribution in [1.29, 1.82) is 5.26 Å². The third-order valence-corrected chi connectivity index (χ3v) is 3.07. The number of anilines is 1. The molecule has 0 amide bonds. The third-order valence-electron chi connectivity index (χ3n) is 3.07. The molecule has 0 fully saturated rings. The smallest absolute Gasteiger partial charge is 0.385 e. The average Bonchev–Trinajstić information content (AvgIpc) is 2.38. The summed E-state index contributed by atoms with van der Waals surface area (Å²) in [6, 6.07) is 7.25. The predicted octanol–water partition coefficient (Wildman–Crippen LogP) is 4.84. The van der Waals surface area contributed by atoms with Crippen LogP contribution in [0.3, 0.4) is 0 Å². The number of nitrogens with one attached hydrogen (secondary N) is 1. The molecule has 0 saturated heterocycles. The summed E-state index contributed by atoms with van der Waals surface area (Å²) in [6.45, 7) is 4.49. The molecule has 0 radical (unpaired) electrons. The van der Waals surface area contributed by atoms with E-state index in [0.29, 0.717) is 12.2 Å². The molecular formula is C15H19F3N2. The summed E-state index contributed by atoms with van der Waals surface area (Å²) < 4.78 is 37.1. The normalized spacial score (nSPS) is 12.0. The summed E-state index contributed by atoms with van der Waals surface area (Å²) in [4.78, 5) is 0. The summed E-state index contributed by atoms with van der Waals surface area (Å²) in [5.74, 6) is 0. The van der Waals surface area contributed by atoms with Crippen LogP contribution >= 0.6 is 0 Å². The molecule has 0 saturated carbocycles. The van der Waals surface area contributed by atoms with E-state index in [-0.39, 0.29) is 5.41 Å². The van der Waals surface area contributed by atoms with Crippen molar-refractivity contribution < 1.29 is 13.2 Å². The molecule has 0 aliphatic carbocycles. The van der Waals surface area contributed by atoms with Gasteiger partial charge in [-0.2, -0.15) is 18.4 Å². The lowest BCUT2D eigenvalue weighted by atomic mass is 9.89. The number of hydrogen-bond acceptors (Lipinski definition) is 2. The highest BCUT2D eigenvalue weighted by Crippen LogP contribution is 2.29. The summed E-state index contributed by atoms with van der Waals surface area (Å²) in [6.07, 6.45) is -1.68. The standard InChI is InChI=1S/C15H19F3N2/c1-14(2,11-19)9-3-4-10-20-13-7-5-12(6-8-13)15(16,17)18/h5-8,20H,3-4,9-10H2,1-2H3. The highest BCUT2D eigenvalue weighted by molar-refractivity contribution is 5.45. The predicted molar refractivity (Wildman–Crippen MR) is 73.2 cm³/mol. The molecule has 0 aromatic heterocycles. The SMILES string of the molecule is CC(C)(C#N)CCCCNc1ccc(C(F)(F)F)cc1. The van der Waals surface area contributed by atoms with Crippen molar-refractivity contribution in [2.75, 3.05) is 11.9 Å². The van der Waals surface area contributed by atoms with Gasteiger partial charge in [-0.15, -0.1) is 0 Å². The van der Waals surface area contributed by atoms with Gasteiger partial charge >= 0.3 is 6.18 Å². The van der Waals surface area contributed by atoms with E-state index in [9.17, 15) is 13.2 Å². The van der Waals surface area contributed by atoms with E-state index >= 15 is 0 Å². The molecule has 1 N–H and O–H groups in total. The molecule has 20 heavy (non-hydrogen) atoms. The Labute approximate surface area is 117 Å². The zero-order valence-electron chi connectivity index (χ0n) is 11.7. The Kier molecular flexibility index (Phi) is 5.43. The number of benzene rings is 1. The minimum absolute atomic E-state index is 0.311. The molecule has 5 heteroatoms. The molecule has 0 bridgehead atoms. The van der Waals surface area contributed by atoms with Crippen LogP contribution in [-0.4, -0.2) is 6.54 Å². The molecule has 1 aromatic rings. The minimum Gasteiger partial charge on any atom is -0.385 e. The zero-order chi connectivity index (χ0) is 15.2.